The zero-order valence-corrected chi connectivity index (χ0v) is 11.6. The molecule has 1 rings (SSSR count). The number of carboxylic acid groups (broad SMARTS) is 1. The predicted molar refractivity (Wildman–Crippen MR) is 69.2 cm³/mol. The SMILES string of the molecule is CC(C)CNC(=O)C(C)N1CCC(C(=O)O)C1C. The van der Waals surface area contributed by atoms with E-state index in [1.165, 1.54) is 0 Å². The topological polar surface area (TPSA) is 69.6 Å². The second kappa shape index (κ2) is 6.18. The molecule has 18 heavy (non-hydrogen) atoms. The molecule has 104 valence electrons. The van der Waals surface area contributed by atoms with Crippen LogP contribution >= 0.6 is 0 Å². The largest absolute Gasteiger partial charge is 0.481 e. The van der Waals surface area contributed by atoms with Gasteiger partial charge in [-0.2, -0.15) is 0 Å². The molecule has 3 unspecified atom stereocenters. The molecule has 2 N–H and O–H groups in total. The lowest BCUT2D eigenvalue weighted by atomic mass is 10.0. The van der Waals surface area contributed by atoms with Gasteiger partial charge >= 0.3 is 5.97 Å². The summed E-state index contributed by atoms with van der Waals surface area (Å²) in [4.78, 5) is 25.0. The van der Waals surface area contributed by atoms with Gasteiger partial charge in [-0.05, 0) is 26.2 Å². The average molecular weight is 256 g/mol. The van der Waals surface area contributed by atoms with E-state index in [1.54, 1.807) is 0 Å². The summed E-state index contributed by atoms with van der Waals surface area (Å²) in [6, 6.07) is -0.342. The van der Waals surface area contributed by atoms with Gasteiger partial charge in [0.25, 0.3) is 0 Å². The zero-order valence-electron chi connectivity index (χ0n) is 11.6. The van der Waals surface area contributed by atoms with Gasteiger partial charge < -0.3 is 10.4 Å². The van der Waals surface area contributed by atoms with Crippen molar-refractivity contribution in [1.29, 1.82) is 0 Å². The molecular weight excluding hydrogens is 232 g/mol. The summed E-state index contributed by atoms with van der Waals surface area (Å²) in [5.74, 6) is -0.712. The highest BCUT2D eigenvalue weighted by molar-refractivity contribution is 5.81. The first-order valence-electron chi connectivity index (χ1n) is 6.60. The van der Waals surface area contributed by atoms with E-state index in [4.69, 9.17) is 5.11 Å². The van der Waals surface area contributed by atoms with Crippen LogP contribution in [0.1, 0.15) is 34.1 Å². The Morgan fingerprint density at radius 1 is 1.39 bits per heavy atom. The standard InChI is InChI=1S/C13H24N2O3/c1-8(2)7-14-12(16)10(4)15-6-5-11(9(15)3)13(17)18/h8-11H,5-7H2,1-4H3,(H,14,16)(H,17,18). The van der Waals surface area contributed by atoms with Crippen molar-refractivity contribution in [3.63, 3.8) is 0 Å². The van der Waals surface area contributed by atoms with Gasteiger partial charge in [0.2, 0.25) is 5.91 Å². The third-order valence-electron chi connectivity index (χ3n) is 3.68. The first kappa shape index (κ1) is 15.0. The molecule has 0 radical (unpaired) electrons. The molecule has 0 bridgehead atoms. The van der Waals surface area contributed by atoms with Crippen molar-refractivity contribution in [3.05, 3.63) is 0 Å². The second-order valence-electron chi connectivity index (χ2n) is 5.53. The average Bonchev–Trinajstić information content (AvgIpc) is 2.66. The van der Waals surface area contributed by atoms with E-state index in [2.05, 4.69) is 5.32 Å². The molecule has 0 spiro atoms. The van der Waals surface area contributed by atoms with Crippen molar-refractivity contribution >= 4 is 11.9 Å². The Morgan fingerprint density at radius 2 is 2.00 bits per heavy atom. The van der Waals surface area contributed by atoms with Crippen LogP contribution in [0.15, 0.2) is 0 Å². The molecule has 0 aromatic heterocycles. The zero-order chi connectivity index (χ0) is 13.9. The van der Waals surface area contributed by atoms with Gasteiger partial charge in [-0.25, -0.2) is 0 Å². The minimum atomic E-state index is -0.764. The first-order valence-corrected chi connectivity index (χ1v) is 6.60. The Labute approximate surface area is 109 Å². The number of carbonyl (C=O) groups is 2. The van der Waals surface area contributed by atoms with Crippen LogP contribution in [0.5, 0.6) is 0 Å². The highest BCUT2D eigenvalue weighted by Gasteiger charge is 2.39. The smallest absolute Gasteiger partial charge is 0.308 e. The van der Waals surface area contributed by atoms with Gasteiger partial charge in [-0.3, -0.25) is 14.5 Å². The lowest BCUT2D eigenvalue weighted by Gasteiger charge is -2.28. The third kappa shape index (κ3) is 3.45. The Hall–Kier alpha value is -1.10. The van der Waals surface area contributed by atoms with Crippen LogP contribution in [0.2, 0.25) is 0 Å². The maximum atomic E-state index is 12.0. The molecule has 5 heteroatoms. The molecule has 1 fully saturated rings. The quantitative estimate of drug-likeness (QED) is 0.768. The number of amides is 1. The summed E-state index contributed by atoms with van der Waals surface area (Å²) in [5, 5.41) is 12.0. The monoisotopic (exact) mass is 256 g/mol. The molecule has 1 aliphatic heterocycles. The predicted octanol–water partition coefficient (Wildman–Crippen LogP) is 0.942. The van der Waals surface area contributed by atoms with Crippen LogP contribution < -0.4 is 5.32 Å². The van der Waals surface area contributed by atoms with E-state index in [0.29, 0.717) is 25.4 Å². The van der Waals surface area contributed by atoms with Crippen molar-refractivity contribution in [2.24, 2.45) is 11.8 Å². The van der Waals surface area contributed by atoms with Gasteiger partial charge in [0, 0.05) is 19.1 Å². The molecule has 0 aromatic rings. The van der Waals surface area contributed by atoms with Crippen molar-refractivity contribution in [2.45, 2.75) is 46.2 Å². The maximum Gasteiger partial charge on any atom is 0.308 e. The molecule has 0 aromatic carbocycles. The number of nitrogens with one attached hydrogen (secondary N) is 1. The van der Waals surface area contributed by atoms with Gasteiger partial charge in [0.15, 0.2) is 0 Å². The lowest BCUT2D eigenvalue weighted by molar-refractivity contribution is -0.143. The van der Waals surface area contributed by atoms with E-state index in [-0.39, 0.29) is 23.9 Å². The van der Waals surface area contributed by atoms with Crippen molar-refractivity contribution in [1.82, 2.24) is 10.2 Å². The number of hydrogen-bond acceptors (Lipinski definition) is 3. The van der Waals surface area contributed by atoms with E-state index >= 15 is 0 Å². The summed E-state index contributed by atoms with van der Waals surface area (Å²) in [5.41, 5.74) is 0. The fourth-order valence-corrected chi connectivity index (χ4v) is 2.44. The minimum absolute atomic E-state index is 0.0124. The van der Waals surface area contributed by atoms with Crippen LogP contribution in [0.3, 0.4) is 0 Å². The summed E-state index contributed by atoms with van der Waals surface area (Å²) in [6.45, 7) is 9.16. The van der Waals surface area contributed by atoms with Crippen LogP contribution in [-0.4, -0.2) is 47.1 Å². The summed E-state index contributed by atoms with van der Waals surface area (Å²) in [6.07, 6.45) is 0.623. The summed E-state index contributed by atoms with van der Waals surface area (Å²) in [7, 11) is 0. The highest BCUT2D eigenvalue weighted by Crippen LogP contribution is 2.26. The fourth-order valence-electron chi connectivity index (χ4n) is 2.44. The molecule has 3 atom stereocenters. The van der Waals surface area contributed by atoms with Crippen LogP contribution in [0.4, 0.5) is 0 Å². The molecule has 0 saturated carbocycles. The first-order chi connectivity index (χ1) is 8.34. The number of hydrogen-bond donors (Lipinski definition) is 2. The third-order valence-corrected chi connectivity index (χ3v) is 3.68. The van der Waals surface area contributed by atoms with Crippen molar-refractivity contribution in [2.75, 3.05) is 13.1 Å². The van der Waals surface area contributed by atoms with Crippen LogP contribution in [0.25, 0.3) is 0 Å². The van der Waals surface area contributed by atoms with Gasteiger partial charge in [-0.1, -0.05) is 13.8 Å². The fraction of sp³-hybridized carbons (Fsp3) is 0.846. The molecule has 1 heterocycles. The number of carboxylic acids is 1. The van der Waals surface area contributed by atoms with Crippen molar-refractivity contribution < 1.29 is 14.7 Å². The number of nitrogens with zero attached hydrogens (tertiary/aromatic N) is 1. The van der Waals surface area contributed by atoms with Crippen LogP contribution in [-0.2, 0) is 9.59 Å². The normalized spacial score (nSPS) is 26.3. The van der Waals surface area contributed by atoms with Gasteiger partial charge in [0.1, 0.15) is 0 Å². The van der Waals surface area contributed by atoms with E-state index in [9.17, 15) is 9.59 Å². The van der Waals surface area contributed by atoms with E-state index < -0.39 is 5.97 Å². The molecule has 1 saturated heterocycles. The molecule has 1 amide bonds. The lowest BCUT2D eigenvalue weighted by Crippen LogP contribution is -2.48. The number of aliphatic carboxylic acids is 1. The summed E-state index contributed by atoms with van der Waals surface area (Å²) >= 11 is 0. The second-order valence-corrected chi connectivity index (χ2v) is 5.53. The molecular formula is C13H24N2O3. The Kier molecular flexibility index (Phi) is 5.14. The van der Waals surface area contributed by atoms with Crippen molar-refractivity contribution in [3.8, 4) is 0 Å². The Morgan fingerprint density at radius 3 is 2.44 bits per heavy atom. The Balaban J connectivity index is 2.54. The molecule has 0 aliphatic carbocycles. The number of carbonyl (C=O) groups excluding carboxylic acids is 1. The van der Waals surface area contributed by atoms with Gasteiger partial charge in [0.05, 0.1) is 12.0 Å². The van der Waals surface area contributed by atoms with Gasteiger partial charge in [-0.15, -0.1) is 0 Å². The maximum absolute atomic E-state index is 12.0. The molecule has 1 aliphatic rings. The highest BCUT2D eigenvalue weighted by atomic mass is 16.4. The molecule has 5 nitrogen and oxygen atoms in total. The van der Waals surface area contributed by atoms with Crippen LogP contribution in [0, 0.1) is 11.8 Å². The van der Waals surface area contributed by atoms with E-state index in [1.807, 2.05) is 32.6 Å². The summed E-state index contributed by atoms with van der Waals surface area (Å²) < 4.78 is 0. The Bertz CT molecular complexity index is 317. The minimum Gasteiger partial charge on any atom is -0.481 e. The number of likely N-dealkylation sites (tertiary alicyclic amines) is 1. The van der Waals surface area contributed by atoms with E-state index in [0.717, 1.165) is 0 Å². The number of rotatable bonds is 5.